The van der Waals surface area contributed by atoms with E-state index in [-0.39, 0.29) is 11.7 Å². The minimum Gasteiger partial charge on any atom is -0.384 e. The monoisotopic (exact) mass is 263 g/mol. The first-order chi connectivity index (χ1) is 8.95. The van der Waals surface area contributed by atoms with Gasteiger partial charge in [-0.25, -0.2) is 4.39 Å². The van der Waals surface area contributed by atoms with Gasteiger partial charge in [-0.05, 0) is 49.4 Å². The first-order valence-electron chi connectivity index (χ1n) is 6.83. The predicted molar refractivity (Wildman–Crippen MR) is 75.7 cm³/mol. The van der Waals surface area contributed by atoms with Gasteiger partial charge in [0.1, 0.15) is 11.7 Å². The van der Waals surface area contributed by atoms with E-state index in [2.05, 4.69) is 18.7 Å². The third-order valence-corrected chi connectivity index (χ3v) is 3.90. The molecule has 0 aromatic heterocycles. The molecule has 1 fully saturated rings. The van der Waals surface area contributed by atoms with Crippen molar-refractivity contribution in [3.05, 3.63) is 35.1 Å². The lowest BCUT2D eigenvalue weighted by Crippen LogP contribution is -2.40. The maximum atomic E-state index is 13.5. The number of nitrogens with two attached hydrogens (primary N) is 1. The van der Waals surface area contributed by atoms with Gasteiger partial charge >= 0.3 is 0 Å². The third kappa shape index (κ3) is 3.53. The minimum absolute atomic E-state index is 0.0826. The predicted octanol–water partition coefficient (Wildman–Crippen LogP) is 2.73. The standard InChI is InChI=1S/C15H22FN3/c1-10-3-4-11(2)19(8-10)9-12-5-13(15(17)18)7-14(16)6-12/h5-7,10-11H,3-4,8-9H2,1-2H3,(H3,17,18). The van der Waals surface area contributed by atoms with E-state index in [1.165, 1.54) is 18.9 Å². The fraction of sp³-hybridized carbons (Fsp3) is 0.533. The average Bonchev–Trinajstić information content (AvgIpc) is 2.33. The van der Waals surface area contributed by atoms with E-state index < -0.39 is 0 Å². The largest absolute Gasteiger partial charge is 0.384 e. The highest BCUT2D eigenvalue weighted by Gasteiger charge is 2.22. The summed E-state index contributed by atoms with van der Waals surface area (Å²) in [7, 11) is 0. The lowest BCUT2D eigenvalue weighted by atomic mass is 9.94. The van der Waals surface area contributed by atoms with Crippen molar-refractivity contribution in [1.29, 1.82) is 5.41 Å². The fourth-order valence-corrected chi connectivity index (χ4v) is 2.73. The molecule has 1 saturated heterocycles. The second-order valence-corrected chi connectivity index (χ2v) is 5.72. The van der Waals surface area contributed by atoms with Crippen molar-refractivity contribution in [2.75, 3.05) is 6.54 Å². The quantitative estimate of drug-likeness (QED) is 0.651. The first-order valence-corrected chi connectivity index (χ1v) is 6.83. The lowest BCUT2D eigenvalue weighted by Gasteiger charge is -2.36. The molecule has 0 aliphatic carbocycles. The summed E-state index contributed by atoms with van der Waals surface area (Å²) in [5.41, 5.74) is 6.80. The molecule has 1 heterocycles. The van der Waals surface area contributed by atoms with E-state index in [4.69, 9.17) is 11.1 Å². The molecule has 0 amide bonds. The van der Waals surface area contributed by atoms with Crippen LogP contribution in [0, 0.1) is 17.1 Å². The van der Waals surface area contributed by atoms with E-state index >= 15 is 0 Å². The van der Waals surface area contributed by atoms with Crippen LogP contribution < -0.4 is 5.73 Å². The molecule has 0 spiro atoms. The molecule has 4 heteroatoms. The molecule has 0 saturated carbocycles. The summed E-state index contributed by atoms with van der Waals surface area (Å²) in [5.74, 6) is 0.290. The van der Waals surface area contributed by atoms with Gasteiger partial charge in [0.05, 0.1) is 0 Å². The number of nitrogens with one attached hydrogen (secondary N) is 1. The van der Waals surface area contributed by atoms with Crippen LogP contribution in [-0.4, -0.2) is 23.3 Å². The summed E-state index contributed by atoms with van der Waals surface area (Å²) in [4.78, 5) is 2.38. The minimum atomic E-state index is -0.319. The summed E-state index contributed by atoms with van der Waals surface area (Å²) in [6.07, 6.45) is 2.45. The molecular weight excluding hydrogens is 241 g/mol. The molecule has 1 aliphatic heterocycles. The molecule has 1 aromatic carbocycles. The number of nitrogens with zero attached hydrogens (tertiary/aromatic N) is 1. The zero-order chi connectivity index (χ0) is 14.0. The molecule has 0 bridgehead atoms. The van der Waals surface area contributed by atoms with Crippen molar-refractivity contribution >= 4 is 5.84 Å². The van der Waals surface area contributed by atoms with Crippen LogP contribution in [0.25, 0.3) is 0 Å². The normalized spacial score (nSPS) is 24.4. The van der Waals surface area contributed by atoms with Crippen molar-refractivity contribution in [1.82, 2.24) is 4.90 Å². The fourth-order valence-electron chi connectivity index (χ4n) is 2.73. The smallest absolute Gasteiger partial charge is 0.124 e. The van der Waals surface area contributed by atoms with Crippen LogP contribution in [0.2, 0.25) is 0 Å². The molecule has 2 rings (SSSR count). The van der Waals surface area contributed by atoms with E-state index in [1.807, 2.05) is 6.07 Å². The molecule has 1 aliphatic rings. The SMILES string of the molecule is CC1CCC(C)N(Cc2cc(F)cc(C(=N)N)c2)C1. The summed E-state index contributed by atoms with van der Waals surface area (Å²) in [6.45, 7) is 6.25. The van der Waals surface area contributed by atoms with E-state index in [9.17, 15) is 4.39 Å². The Morgan fingerprint density at radius 3 is 2.79 bits per heavy atom. The van der Waals surface area contributed by atoms with Gasteiger partial charge in [-0.1, -0.05) is 6.92 Å². The number of benzene rings is 1. The van der Waals surface area contributed by atoms with Gasteiger partial charge in [0.25, 0.3) is 0 Å². The molecular formula is C15H22FN3. The molecule has 19 heavy (non-hydrogen) atoms. The number of piperidine rings is 1. The lowest BCUT2D eigenvalue weighted by molar-refractivity contribution is 0.117. The Labute approximate surface area is 114 Å². The van der Waals surface area contributed by atoms with Crippen molar-refractivity contribution in [3.8, 4) is 0 Å². The van der Waals surface area contributed by atoms with Crippen LogP contribution in [-0.2, 0) is 6.54 Å². The number of hydrogen-bond acceptors (Lipinski definition) is 2. The van der Waals surface area contributed by atoms with Crippen molar-refractivity contribution < 1.29 is 4.39 Å². The zero-order valence-electron chi connectivity index (χ0n) is 11.6. The van der Waals surface area contributed by atoms with Crippen molar-refractivity contribution in [3.63, 3.8) is 0 Å². The maximum Gasteiger partial charge on any atom is 0.124 e. The van der Waals surface area contributed by atoms with Gasteiger partial charge in [0, 0.05) is 24.7 Å². The number of hydrogen-bond donors (Lipinski definition) is 2. The molecule has 1 aromatic rings. The average molecular weight is 263 g/mol. The summed E-state index contributed by atoms with van der Waals surface area (Å²) >= 11 is 0. The Bertz CT molecular complexity index is 472. The van der Waals surface area contributed by atoms with Crippen LogP contribution in [0.5, 0.6) is 0 Å². The number of likely N-dealkylation sites (tertiary alicyclic amines) is 1. The van der Waals surface area contributed by atoms with Gasteiger partial charge in [0.2, 0.25) is 0 Å². The summed E-state index contributed by atoms with van der Waals surface area (Å²) < 4.78 is 13.5. The zero-order valence-corrected chi connectivity index (χ0v) is 11.6. The Morgan fingerprint density at radius 2 is 2.11 bits per heavy atom. The number of amidine groups is 1. The number of rotatable bonds is 3. The highest BCUT2D eigenvalue weighted by Crippen LogP contribution is 2.23. The highest BCUT2D eigenvalue weighted by molar-refractivity contribution is 5.95. The van der Waals surface area contributed by atoms with E-state index in [0.717, 1.165) is 18.7 Å². The van der Waals surface area contributed by atoms with Gasteiger partial charge in [-0.15, -0.1) is 0 Å². The third-order valence-electron chi connectivity index (χ3n) is 3.90. The summed E-state index contributed by atoms with van der Waals surface area (Å²) in [6, 6.07) is 5.20. The van der Waals surface area contributed by atoms with Crippen LogP contribution in [0.15, 0.2) is 18.2 Å². The molecule has 3 N–H and O–H groups in total. The van der Waals surface area contributed by atoms with Crippen LogP contribution in [0.1, 0.15) is 37.8 Å². The second kappa shape index (κ2) is 5.70. The molecule has 3 nitrogen and oxygen atoms in total. The van der Waals surface area contributed by atoms with Gasteiger partial charge in [-0.3, -0.25) is 10.3 Å². The molecule has 2 unspecified atom stereocenters. The summed E-state index contributed by atoms with van der Waals surface area (Å²) in [5, 5.41) is 7.42. The van der Waals surface area contributed by atoms with Gasteiger partial charge in [0.15, 0.2) is 0 Å². The Kier molecular flexibility index (Phi) is 4.20. The highest BCUT2D eigenvalue weighted by atomic mass is 19.1. The molecule has 0 radical (unpaired) electrons. The number of nitrogen functional groups attached to an aromatic ring is 1. The second-order valence-electron chi connectivity index (χ2n) is 5.72. The van der Waals surface area contributed by atoms with Crippen LogP contribution >= 0.6 is 0 Å². The van der Waals surface area contributed by atoms with Gasteiger partial charge < -0.3 is 5.73 Å². The van der Waals surface area contributed by atoms with Gasteiger partial charge in [-0.2, -0.15) is 0 Å². The Hall–Kier alpha value is -1.42. The van der Waals surface area contributed by atoms with Crippen LogP contribution in [0.4, 0.5) is 4.39 Å². The van der Waals surface area contributed by atoms with Crippen LogP contribution in [0.3, 0.4) is 0 Å². The molecule has 104 valence electrons. The Morgan fingerprint density at radius 1 is 1.37 bits per heavy atom. The topological polar surface area (TPSA) is 53.1 Å². The van der Waals surface area contributed by atoms with Crippen molar-refractivity contribution in [2.45, 2.75) is 39.3 Å². The molecule has 2 atom stereocenters. The van der Waals surface area contributed by atoms with Crippen molar-refractivity contribution in [2.24, 2.45) is 11.7 Å². The first kappa shape index (κ1) is 14.0. The maximum absolute atomic E-state index is 13.5. The van der Waals surface area contributed by atoms with E-state index in [1.54, 1.807) is 6.07 Å². The van der Waals surface area contributed by atoms with E-state index in [0.29, 0.717) is 17.5 Å². The number of halogens is 1. The Balaban J connectivity index is 2.16.